The van der Waals surface area contributed by atoms with Gasteiger partial charge in [0.15, 0.2) is 0 Å². The number of carbonyl (C=O) groups excluding carboxylic acids is 3. The van der Waals surface area contributed by atoms with Gasteiger partial charge in [0.2, 0.25) is 5.91 Å². The van der Waals surface area contributed by atoms with Gasteiger partial charge in [0, 0.05) is 69.5 Å². The number of phenols is 1. The first-order chi connectivity index (χ1) is 23.6. The van der Waals surface area contributed by atoms with Gasteiger partial charge in [-0.1, -0.05) is 62.9 Å². The molecule has 2 aromatic rings. The fraction of sp³-hybridized carbons (Fsp3) is 0.615. The number of aromatic hydroxyl groups is 1. The number of nitrogens with one attached hydrogen (secondary N) is 1. The summed E-state index contributed by atoms with van der Waals surface area (Å²) in [5, 5.41) is 12.9. The molecule has 1 aliphatic carbocycles. The van der Waals surface area contributed by atoms with E-state index in [2.05, 4.69) is 21.2 Å². The molecule has 3 aliphatic heterocycles. The van der Waals surface area contributed by atoms with Gasteiger partial charge in [-0.3, -0.25) is 9.69 Å². The number of nitrogens with zero attached hydrogens (tertiary/aromatic N) is 4. The monoisotopic (exact) mass is 675 g/mol. The molecule has 49 heavy (non-hydrogen) atoms. The zero-order chi connectivity index (χ0) is 34.9. The Morgan fingerprint density at radius 2 is 1.49 bits per heavy atom. The van der Waals surface area contributed by atoms with E-state index in [9.17, 15) is 19.5 Å². The van der Waals surface area contributed by atoms with Crippen LogP contribution < -0.4 is 5.32 Å². The maximum atomic E-state index is 12.9. The Hall–Kier alpha value is -3.79. The topological polar surface area (TPSA) is 106 Å². The number of carbonyl (C=O) groups is 3. The molecule has 0 bridgehead atoms. The third-order valence-electron chi connectivity index (χ3n) is 11.0. The molecule has 0 unspecified atom stereocenters. The van der Waals surface area contributed by atoms with Gasteiger partial charge in [-0.25, -0.2) is 9.59 Å². The normalized spacial score (nSPS) is 20.2. The van der Waals surface area contributed by atoms with Crippen LogP contribution in [0, 0.1) is 19.8 Å². The maximum Gasteiger partial charge on any atom is 0.409 e. The fourth-order valence-corrected chi connectivity index (χ4v) is 8.07. The number of benzene rings is 2. The zero-order valence-corrected chi connectivity index (χ0v) is 30.1. The highest BCUT2D eigenvalue weighted by Gasteiger charge is 2.32. The second-order valence-corrected chi connectivity index (χ2v) is 14.4. The van der Waals surface area contributed by atoms with Crippen molar-refractivity contribution in [1.29, 1.82) is 0 Å². The van der Waals surface area contributed by atoms with Crippen molar-refractivity contribution in [3.63, 3.8) is 0 Å². The Kier molecular flexibility index (Phi) is 12.8. The van der Waals surface area contributed by atoms with Crippen LogP contribution in [0.2, 0.25) is 0 Å². The van der Waals surface area contributed by atoms with Crippen LogP contribution in [-0.4, -0.2) is 108 Å². The van der Waals surface area contributed by atoms with Crippen molar-refractivity contribution in [2.24, 2.45) is 5.92 Å². The number of hydrogen-bond donors (Lipinski definition) is 2. The van der Waals surface area contributed by atoms with Crippen LogP contribution in [0.5, 0.6) is 5.75 Å². The van der Waals surface area contributed by atoms with Gasteiger partial charge in [0.05, 0.1) is 7.11 Å². The van der Waals surface area contributed by atoms with Gasteiger partial charge in [-0.2, -0.15) is 0 Å². The Bertz CT molecular complexity index is 1400. The van der Waals surface area contributed by atoms with E-state index in [0.717, 1.165) is 80.3 Å². The Morgan fingerprint density at radius 1 is 0.857 bits per heavy atom. The summed E-state index contributed by atoms with van der Waals surface area (Å²) in [5.74, 6) is 0.629. The minimum absolute atomic E-state index is 0.0160. The zero-order valence-electron chi connectivity index (χ0n) is 30.1. The summed E-state index contributed by atoms with van der Waals surface area (Å²) in [6, 6.07) is 12.8. The lowest BCUT2D eigenvalue weighted by Crippen LogP contribution is -2.53. The van der Waals surface area contributed by atoms with Gasteiger partial charge in [0.1, 0.15) is 5.75 Å². The number of phenolic OH excluding ortho intramolecular Hbond substituents is 1. The number of likely N-dealkylation sites (tertiary alicyclic amines) is 1. The van der Waals surface area contributed by atoms with Crippen molar-refractivity contribution in [2.75, 3.05) is 58.2 Å². The van der Waals surface area contributed by atoms with E-state index in [1.54, 1.807) is 4.90 Å². The van der Waals surface area contributed by atoms with E-state index >= 15 is 0 Å². The van der Waals surface area contributed by atoms with E-state index in [0.29, 0.717) is 25.4 Å². The smallest absolute Gasteiger partial charge is 0.409 e. The van der Waals surface area contributed by atoms with Crippen molar-refractivity contribution in [1.82, 2.24) is 19.6 Å². The summed E-state index contributed by atoms with van der Waals surface area (Å²) in [6.07, 6.45) is 11.1. The molecule has 10 nitrogen and oxygen atoms in total. The molecule has 0 radical (unpaired) electrons. The minimum atomic E-state index is -0.286. The second kappa shape index (κ2) is 17.2. The molecule has 10 heteroatoms. The van der Waals surface area contributed by atoms with Gasteiger partial charge < -0.3 is 29.9 Å². The van der Waals surface area contributed by atoms with Gasteiger partial charge in [-0.15, -0.1) is 0 Å². The molecule has 4 amide bonds. The van der Waals surface area contributed by atoms with Crippen LogP contribution >= 0.6 is 0 Å². The average molecular weight is 676 g/mol. The van der Waals surface area contributed by atoms with Gasteiger partial charge in [0.25, 0.3) is 0 Å². The summed E-state index contributed by atoms with van der Waals surface area (Å²) in [4.78, 5) is 45.2. The number of piperidine rings is 1. The van der Waals surface area contributed by atoms with E-state index in [1.165, 1.54) is 51.2 Å². The molecule has 2 N–H and O–H groups in total. The number of para-hydroxylation sites is 1. The average Bonchev–Trinajstić information content (AvgIpc) is 3.49. The number of hydrogen-bond acceptors (Lipinski definition) is 6. The summed E-state index contributed by atoms with van der Waals surface area (Å²) in [5.41, 5.74) is 5.00. The number of fused-ring (bicyclic) bond motifs is 1. The maximum absolute atomic E-state index is 12.9. The lowest BCUT2D eigenvalue weighted by Gasteiger charge is -2.40. The number of ether oxygens (including phenoxy) is 1. The molecular formula is C39H57N5O5. The van der Waals surface area contributed by atoms with E-state index in [1.807, 2.05) is 56.0 Å². The molecule has 268 valence electrons. The molecular weight excluding hydrogens is 618 g/mol. The highest BCUT2D eigenvalue weighted by molar-refractivity contribution is 5.91. The predicted molar refractivity (Wildman–Crippen MR) is 193 cm³/mol. The summed E-state index contributed by atoms with van der Waals surface area (Å²) in [7, 11) is 1.40. The highest BCUT2D eigenvalue weighted by atomic mass is 16.5. The lowest BCUT2D eigenvalue weighted by molar-refractivity contribution is -0.137. The Balaban J connectivity index is 0.000000195. The van der Waals surface area contributed by atoms with Crippen LogP contribution in [0.1, 0.15) is 80.5 Å². The molecule has 1 saturated carbocycles. The summed E-state index contributed by atoms with van der Waals surface area (Å²) >= 11 is 0. The number of aryl methyl sites for hydroxylation is 2. The molecule has 3 heterocycles. The van der Waals surface area contributed by atoms with Gasteiger partial charge >= 0.3 is 12.1 Å². The van der Waals surface area contributed by atoms with Crippen LogP contribution in [0.15, 0.2) is 36.4 Å². The van der Waals surface area contributed by atoms with Crippen LogP contribution in [0.3, 0.4) is 0 Å². The van der Waals surface area contributed by atoms with Crippen molar-refractivity contribution in [3.8, 4) is 5.75 Å². The number of piperazine rings is 1. The quantitative estimate of drug-likeness (QED) is 0.358. The SMILES string of the molecule is COC(=O)N1CCC(N2CCc3ccccc3NC2=O)CC1.Cc1cc(C[C@@H](C)C(=O)N2CCN(C3CCCCCC3)CC2)cc(C)c1O. The Labute approximate surface area is 292 Å². The number of methoxy groups -OCH3 is 1. The number of rotatable bonds is 5. The number of urea groups is 1. The molecule has 6 rings (SSSR count). The first kappa shape index (κ1) is 36.5. The third-order valence-corrected chi connectivity index (χ3v) is 11.0. The molecule has 2 aromatic carbocycles. The molecule has 2 saturated heterocycles. The molecule has 4 aliphatic rings. The summed E-state index contributed by atoms with van der Waals surface area (Å²) in [6.45, 7) is 11.7. The van der Waals surface area contributed by atoms with E-state index in [-0.39, 0.29) is 30.0 Å². The standard InChI is InChI=1S/C23H36N2O2.C16H21N3O3/c1-17-14-20(15-18(2)22(17)26)16-19(3)23(27)25-12-10-24(11-13-25)21-8-6-4-5-7-9-21;1-22-16(21)18-9-7-13(8-10-18)19-11-6-12-4-2-3-5-14(12)17-15(19)20/h14-15,19,21,26H,4-13,16H2,1-3H3;2-5,13H,6-11H2,1H3,(H,17,20)/t19-;/m1./s1. The largest absolute Gasteiger partial charge is 0.507 e. The minimum Gasteiger partial charge on any atom is -0.507 e. The van der Waals surface area contributed by atoms with Gasteiger partial charge in [-0.05, 0) is 80.7 Å². The number of anilines is 1. The Morgan fingerprint density at radius 3 is 2.12 bits per heavy atom. The first-order valence-electron chi connectivity index (χ1n) is 18.4. The molecule has 0 spiro atoms. The molecule has 0 aromatic heterocycles. The predicted octanol–water partition coefficient (Wildman–Crippen LogP) is 6.36. The van der Waals surface area contributed by atoms with Crippen LogP contribution in [0.4, 0.5) is 15.3 Å². The molecule has 1 atom stereocenters. The fourth-order valence-electron chi connectivity index (χ4n) is 8.07. The van der Waals surface area contributed by atoms with Crippen molar-refractivity contribution in [3.05, 3.63) is 58.7 Å². The van der Waals surface area contributed by atoms with Crippen LogP contribution in [-0.2, 0) is 22.4 Å². The summed E-state index contributed by atoms with van der Waals surface area (Å²) < 4.78 is 4.75. The van der Waals surface area contributed by atoms with Crippen molar-refractivity contribution in [2.45, 2.75) is 97.1 Å². The third kappa shape index (κ3) is 9.47. The molecule has 3 fully saturated rings. The van der Waals surface area contributed by atoms with Crippen molar-refractivity contribution >= 4 is 23.7 Å². The van der Waals surface area contributed by atoms with E-state index in [4.69, 9.17) is 4.74 Å². The van der Waals surface area contributed by atoms with E-state index < -0.39 is 0 Å². The first-order valence-corrected chi connectivity index (χ1v) is 18.4. The lowest BCUT2D eigenvalue weighted by atomic mass is 9.96. The number of amides is 4. The van der Waals surface area contributed by atoms with Crippen molar-refractivity contribution < 1.29 is 24.2 Å². The second-order valence-electron chi connectivity index (χ2n) is 14.4. The van der Waals surface area contributed by atoms with Crippen LogP contribution in [0.25, 0.3) is 0 Å². The highest BCUT2D eigenvalue weighted by Crippen LogP contribution is 2.27.